The summed E-state index contributed by atoms with van der Waals surface area (Å²) in [4.78, 5) is 10.4. The minimum absolute atomic E-state index is 0.482. The van der Waals surface area contributed by atoms with Gasteiger partial charge in [0.15, 0.2) is 9.76 Å². The Morgan fingerprint density at radius 3 is 2.50 bits per heavy atom. The third kappa shape index (κ3) is 9.90. The Kier molecular flexibility index (Phi) is 10.4. The maximum atomic E-state index is 10.4. The molecule has 0 aliphatic rings. The highest BCUT2D eigenvalue weighted by Gasteiger charge is 2.06. The highest BCUT2D eigenvalue weighted by atomic mass is 28.2. The second kappa shape index (κ2) is 10.9. The first-order valence-electron chi connectivity index (χ1n) is 5.58. The van der Waals surface area contributed by atoms with E-state index in [1.807, 2.05) is 13.8 Å². The molecule has 0 atom stereocenters. The van der Waals surface area contributed by atoms with E-state index < -0.39 is 22.3 Å². The molecule has 96 valence electrons. The molecular weight excluding hydrogens is 228 g/mol. The van der Waals surface area contributed by atoms with Crippen LogP contribution in [0.4, 0.5) is 4.79 Å². The van der Waals surface area contributed by atoms with Gasteiger partial charge >= 0.3 is 6.03 Å². The monoisotopic (exact) mass is 250 g/mol. The number of nitrogens with one attached hydrogen (secondary N) is 1. The number of nitrogens with two attached hydrogens (primary N) is 1. The summed E-state index contributed by atoms with van der Waals surface area (Å²) in [6.07, 6.45) is 0.875. The van der Waals surface area contributed by atoms with E-state index in [1.54, 1.807) is 0 Å². The molecule has 0 aromatic carbocycles. The van der Waals surface area contributed by atoms with Crippen LogP contribution in [0.5, 0.6) is 0 Å². The van der Waals surface area contributed by atoms with Crippen LogP contribution in [0.15, 0.2) is 0 Å². The molecule has 0 radical (unpaired) electrons. The van der Waals surface area contributed by atoms with Gasteiger partial charge in [0.1, 0.15) is 0 Å². The summed E-state index contributed by atoms with van der Waals surface area (Å²) in [7, 11) is -0.664. The first-order valence-corrected chi connectivity index (χ1v) is 7.16. The van der Waals surface area contributed by atoms with Gasteiger partial charge in [-0.15, -0.1) is 0 Å². The van der Waals surface area contributed by atoms with Crippen LogP contribution < -0.4 is 11.1 Å². The zero-order chi connectivity index (χ0) is 12.2. The summed E-state index contributed by atoms with van der Waals surface area (Å²) in [5.74, 6) is 0. The molecule has 2 amide bonds. The fourth-order valence-corrected chi connectivity index (χ4v) is 2.04. The van der Waals surface area contributed by atoms with Gasteiger partial charge in [0.25, 0.3) is 6.48 Å². The van der Waals surface area contributed by atoms with E-state index in [2.05, 4.69) is 5.32 Å². The van der Waals surface area contributed by atoms with Gasteiger partial charge < -0.3 is 25.0 Å². The first-order chi connectivity index (χ1) is 7.70. The van der Waals surface area contributed by atoms with Crippen molar-refractivity contribution in [3.05, 3.63) is 0 Å². The summed E-state index contributed by atoms with van der Waals surface area (Å²) in [6, 6.07) is 0.473. The lowest BCUT2D eigenvalue weighted by Gasteiger charge is -2.17. The number of amides is 2. The van der Waals surface area contributed by atoms with Crippen molar-refractivity contribution in [3.63, 3.8) is 0 Å². The normalized spacial score (nSPS) is 11.4. The van der Waals surface area contributed by atoms with Crippen molar-refractivity contribution < 1.29 is 18.7 Å². The van der Waals surface area contributed by atoms with Gasteiger partial charge in [0.05, 0.1) is 0 Å². The standard InChI is InChI=1S/C9H22N2O4Si/c1-3-13-9(14-4-2)15-16-7-5-6-11-8(10)12/h9H,3-7,16H2,1-2H3,(H3,10,11,12). The molecule has 0 saturated carbocycles. The molecule has 0 aromatic rings. The Morgan fingerprint density at radius 2 is 2.00 bits per heavy atom. The van der Waals surface area contributed by atoms with Crippen LogP contribution in [0.1, 0.15) is 20.3 Å². The smallest absolute Gasteiger partial charge is 0.312 e. The number of hydrogen-bond acceptors (Lipinski definition) is 4. The van der Waals surface area contributed by atoms with E-state index in [0.717, 1.165) is 12.5 Å². The summed E-state index contributed by atoms with van der Waals surface area (Å²) >= 11 is 0. The van der Waals surface area contributed by atoms with Gasteiger partial charge in [-0.1, -0.05) is 0 Å². The quantitative estimate of drug-likeness (QED) is 0.323. The average Bonchev–Trinajstić information content (AvgIpc) is 2.23. The van der Waals surface area contributed by atoms with Gasteiger partial charge in [-0.3, -0.25) is 0 Å². The Balaban J connectivity index is 3.35. The number of urea groups is 1. The molecule has 7 heteroatoms. The Bertz CT molecular complexity index is 177. The molecular formula is C9H22N2O4Si. The highest BCUT2D eigenvalue weighted by Crippen LogP contribution is 1.98. The lowest BCUT2D eigenvalue weighted by atomic mass is 10.5. The van der Waals surface area contributed by atoms with E-state index in [9.17, 15) is 4.79 Å². The Labute approximate surface area is 98.7 Å². The van der Waals surface area contributed by atoms with Crippen LogP contribution in [0, 0.1) is 0 Å². The van der Waals surface area contributed by atoms with Gasteiger partial charge in [0.2, 0.25) is 0 Å². The maximum Gasteiger partial charge on any atom is 0.312 e. The molecule has 0 aliphatic carbocycles. The molecule has 3 N–H and O–H groups in total. The molecule has 0 saturated heterocycles. The van der Waals surface area contributed by atoms with Crippen molar-refractivity contribution in [3.8, 4) is 0 Å². The number of carbonyl (C=O) groups is 1. The zero-order valence-electron chi connectivity index (χ0n) is 10.0. The minimum atomic E-state index is -0.664. The van der Waals surface area contributed by atoms with Crippen molar-refractivity contribution in [2.24, 2.45) is 5.73 Å². The fourth-order valence-electron chi connectivity index (χ4n) is 1.03. The predicted octanol–water partition coefficient (Wildman–Crippen LogP) is -0.0799. The van der Waals surface area contributed by atoms with Crippen molar-refractivity contribution >= 4 is 15.8 Å². The second-order valence-corrected chi connectivity index (χ2v) is 4.52. The van der Waals surface area contributed by atoms with Crippen LogP contribution in [0.3, 0.4) is 0 Å². The van der Waals surface area contributed by atoms with E-state index in [0.29, 0.717) is 19.8 Å². The van der Waals surface area contributed by atoms with Crippen molar-refractivity contribution in [2.45, 2.75) is 32.8 Å². The molecule has 6 nitrogen and oxygen atoms in total. The molecule has 0 fully saturated rings. The van der Waals surface area contributed by atoms with Gasteiger partial charge in [-0.05, 0) is 26.3 Å². The molecule has 0 bridgehead atoms. The molecule has 0 heterocycles. The summed E-state index contributed by atoms with van der Waals surface area (Å²) < 4.78 is 15.9. The van der Waals surface area contributed by atoms with Crippen LogP contribution in [0.25, 0.3) is 0 Å². The second-order valence-electron chi connectivity index (χ2n) is 3.07. The number of rotatable bonds is 10. The molecule has 0 rings (SSSR count). The van der Waals surface area contributed by atoms with E-state index in [1.165, 1.54) is 0 Å². The van der Waals surface area contributed by atoms with Crippen LogP contribution >= 0.6 is 0 Å². The van der Waals surface area contributed by atoms with Crippen LogP contribution in [0.2, 0.25) is 6.04 Å². The maximum absolute atomic E-state index is 10.4. The SMILES string of the molecule is CCOC(OCC)O[SiH2]CCCNC(N)=O. The average molecular weight is 250 g/mol. The number of hydrogen-bond donors (Lipinski definition) is 2. The van der Waals surface area contributed by atoms with Crippen molar-refractivity contribution in [1.29, 1.82) is 0 Å². The largest absolute Gasteiger partial charge is 0.379 e. The van der Waals surface area contributed by atoms with E-state index >= 15 is 0 Å². The zero-order valence-corrected chi connectivity index (χ0v) is 11.4. The molecule has 0 spiro atoms. The molecule has 16 heavy (non-hydrogen) atoms. The van der Waals surface area contributed by atoms with Crippen molar-refractivity contribution in [1.82, 2.24) is 5.32 Å². The van der Waals surface area contributed by atoms with Gasteiger partial charge in [-0.25, -0.2) is 4.79 Å². The first kappa shape index (κ1) is 15.4. The Hall–Kier alpha value is -0.633. The topological polar surface area (TPSA) is 82.8 Å². The number of primary amides is 1. The van der Waals surface area contributed by atoms with Crippen LogP contribution in [-0.4, -0.2) is 42.0 Å². The lowest BCUT2D eigenvalue weighted by Crippen LogP contribution is -2.30. The number of carbonyl (C=O) groups excluding carboxylic acids is 1. The third-order valence-electron chi connectivity index (χ3n) is 1.73. The predicted molar refractivity (Wildman–Crippen MR) is 63.7 cm³/mol. The number of ether oxygens (including phenoxy) is 2. The fraction of sp³-hybridized carbons (Fsp3) is 0.889. The third-order valence-corrected chi connectivity index (χ3v) is 3.03. The summed E-state index contributed by atoms with van der Waals surface area (Å²) in [5.41, 5.74) is 4.92. The van der Waals surface area contributed by atoms with Crippen LogP contribution in [-0.2, 0) is 13.9 Å². The lowest BCUT2D eigenvalue weighted by molar-refractivity contribution is -0.243. The molecule has 0 aromatic heterocycles. The Morgan fingerprint density at radius 1 is 1.38 bits per heavy atom. The highest BCUT2D eigenvalue weighted by molar-refractivity contribution is 6.27. The summed E-state index contributed by atoms with van der Waals surface area (Å²) in [5, 5.41) is 2.53. The van der Waals surface area contributed by atoms with Gasteiger partial charge in [-0.2, -0.15) is 0 Å². The van der Waals surface area contributed by atoms with Gasteiger partial charge in [0, 0.05) is 19.8 Å². The van der Waals surface area contributed by atoms with E-state index in [-0.39, 0.29) is 0 Å². The van der Waals surface area contributed by atoms with E-state index in [4.69, 9.17) is 19.6 Å². The molecule has 0 aliphatic heterocycles. The van der Waals surface area contributed by atoms with Crippen molar-refractivity contribution in [2.75, 3.05) is 19.8 Å². The molecule has 0 unspecified atom stereocenters. The summed E-state index contributed by atoms with van der Waals surface area (Å²) in [6.45, 7) is 5.01. The minimum Gasteiger partial charge on any atom is -0.379 e.